The normalized spacial score (nSPS) is 9.68. The summed E-state index contributed by atoms with van der Waals surface area (Å²) in [4.78, 5) is 15.0. The minimum Gasteiger partial charge on any atom is -0.478 e. The number of nitriles is 1. The van der Waals surface area contributed by atoms with Crippen LogP contribution >= 0.6 is 11.6 Å². The van der Waals surface area contributed by atoms with Crippen molar-refractivity contribution in [3.8, 4) is 17.7 Å². The molecule has 0 aliphatic heterocycles. The molecule has 0 radical (unpaired) electrons. The van der Waals surface area contributed by atoms with Gasteiger partial charge in [0.05, 0.1) is 5.56 Å². The van der Waals surface area contributed by atoms with Crippen LogP contribution < -0.4 is 4.74 Å². The Kier molecular flexibility index (Phi) is 3.64. The third-order valence-corrected chi connectivity index (χ3v) is 2.49. The molecule has 0 fully saturated rings. The summed E-state index contributed by atoms with van der Waals surface area (Å²) in [6, 6.07) is 9.20. The van der Waals surface area contributed by atoms with E-state index in [2.05, 4.69) is 4.98 Å². The van der Waals surface area contributed by atoms with Crippen LogP contribution in [0, 0.1) is 11.3 Å². The SMILES string of the molecule is N#Cc1ccc(Oc2ccc(Cl)cc2C(=O)O)nc1. The molecule has 0 saturated heterocycles. The highest BCUT2D eigenvalue weighted by Crippen LogP contribution is 2.26. The molecule has 0 atom stereocenters. The fourth-order valence-corrected chi connectivity index (χ4v) is 1.55. The molecule has 94 valence electrons. The molecule has 19 heavy (non-hydrogen) atoms. The van der Waals surface area contributed by atoms with Crippen molar-refractivity contribution in [3.05, 3.63) is 52.7 Å². The smallest absolute Gasteiger partial charge is 0.339 e. The lowest BCUT2D eigenvalue weighted by Crippen LogP contribution is -2.00. The van der Waals surface area contributed by atoms with E-state index in [4.69, 9.17) is 26.7 Å². The number of halogens is 1. The molecular weight excluding hydrogens is 268 g/mol. The molecule has 0 unspecified atom stereocenters. The molecule has 0 aliphatic rings. The van der Waals surface area contributed by atoms with Gasteiger partial charge in [-0.05, 0) is 24.3 Å². The molecule has 1 N–H and O–H groups in total. The zero-order chi connectivity index (χ0) is 13.8. The summed E-state index contributed by atoms with van der Waals surface area (Å²) in [7, 11) is 0. The summed E-state index contributed by atoms with van der Waals surface area (Å²) in [6.45, 7) is 0. The second-order valence-corrected chi connectivity index (χ2v) is 3.98. The van der Waals surface area contributed by atoms with Crippen LogP contribution in [0.1, 0.15) is 15.9 Å². The van der Waals surface area contributed by atoms with E-state index in [1.165, 1.54) is 36.5 Å². The van der Waals surface area contributed by atoms with Crippen LogP contribution in [0.5, 0.6) is 11.6 Å². The van der Waals surface area contributed by atoms with Gasteiger partial charge < -0.3 is 9.84 Å². The predicted molar refractivity (Wildman–Crippen MR) is 67.4 cm³/mol. The largest absolute Gasteiger partial charge is 0.478 e. The van der Waals surface area contributed by atoms with Crippen molar-refractivity contribution in [3.63, 3.8) is 0 Å². The van der Waals surface area contributed by atoms with Crippen LogP contribution in [0.25, 0.3) is 0 Å². The van der Waals surface area contributed by atoms with Crippen LogP contribution in [0.2, 0.25) is 5.02 Å². The van der Waals surface area contributed by atoms with Crippen LogP contribution in [0.3, 0.4) is 0 Å². The van der Waals surface area contributed by atoms with E-state index in [0.717, 1.165) is 0 Å². The molecule has 2 rings (SSSR count). The van der Waals surface area contributed by atoms with Crippen molar-refractivity contribution in [2.24, 2.45) is 0 Å². The lowest BCUT2D eigenvalue weighted by atomic mass is 10.2. The molecular formula is C13H7ClN2O3. The number of carboxylic acid groups (broad SMARTS) is 1. The summed E-state index contributed by atoms with van der Waals surface area (Å²) in [6.07, 6.45) is 1.34. The van der Waals surface area contributed by atoms with Crippen molar-refractivity contribution < 1.29 is 14.6 Å². The number of hydrogen-bond acceptors (Lipinski definition) is 4. The minimum atomic E-state index is -1.15. The van der Waals surface area contributed by atoms with E-state index >= 15 is 0 Å². The summed E-state index contributed by atoms with van der Waals surface area (Å²) in [5, 5.41) is 18.0. The van der Waals surface area contributed by atoms with Gasteiger partial charge in [-0.25, -0.2) is 9.78 Å². The van der Waals surface area contributed by atoms with E-state index in [1.807, 2.05) is 6.07 Å². The molecule has 2 aromatic rings. The number of benzene rings is 1. The number of pyridine rings is 1. The lowest BCUT2D eigenvalue weighted by Gasteiger charge is -2.07. The summed E-state index contributed by atoms with van der Waals surface area (Å²) < 4.78 is 5.37. The quantitative estimate of drug-likeness (QED) is 0.930. The Labute approximate surface area is 113 Å². The van der Waals surface area contributed by atoms with Gasteiger partial charge in [-0.1, -0.05) is 11.6 Å². The highest BCUT2D eigenvalue weighted by Gasteiger charge is 2.13. The van der Waals surface area contributed by atoms with Crippen LogP contribution in [-0.4, -0.2) is 16.1 Å². The predicted octanol–water partition coefficient (Wildman–Crippen LogP) is 3.10. The average molecular weight is 275 g/mol. The highest BCUT2D eigenvalue weighted by molar-refractivity contribution is 6.31. The van der Waals surface area contributed by atoms with Gasteiger partial charge in [-0.2, -0.15) is 5.26 Å². The Morgan fingerprint density at radius 2 is 2.16 bits per heavy atom. The van der Waals surface area contributed by atoms with Crippen molar-refractivity contribution in [2.75, 3.05) is 0 Å². The molecule has 0 amide bonds. The lowest BCUT2D eigenvalue weighted by molar-refractivity contribution is 0.0694. The van der Waals surface area contributed by atoms with E-state index in [1.54, 1.807) is 0 Å². The Morgan fingerprint density at radius 3 is 2.74 bits per heavy atom. The van der Waals surface area contributed by atoms with Crippen LogP contribution in [0.4, 0.5) is 0 Å². The van der Waals surface area contributed by atoms with Gasteiger partial charge >= 0.3 is 5.97 Å². The Morgan fingerprint density at radius 1 is 1.37 bits per heavy atom. The molecule has 0 saturated carbocycles. The molecule has 0 aliphatic carbocycles. The van der Waals surface area contributed by atoms with Crippen molar-refractivity contribution >= 4 is 17.6 Å². The second-order valence-electron chi connectivity index (χ2n) is 3.54. The fraction of sp³-hybridized carbons (Fsp3) is 0. The first-order valence-electron chi connectivity index (χ1n) is 5.17. The monoisotopic (exact) mass is 274 g/mol. The third-order valence-electron chi connectivity index (χ3n) is 2.25. The third kappa shape index (κ3) is 3.00. The number of rotatable bonds is 3. The van der Waals surface area contributed by atoms with Crippen molar-refractivity contribution in [1.82, 2.24) is 4.98 Å². The fourth-order valence-electron chi connectivity index (χ4n) is 1.38. The summed E-state index contributed by atoms with van der Waals surface area (Å²) >= 11 is 5.73. The van der Waals surface area contributed by atoms with Gasteiger partial charge in [0, 0.05) is 17.3 Å². The molecule has 0 bridgehead atoms. The summed E-state index contributed by atoms with van der Waals surface area (Å²) in [5.74, 6) is -0.816. The van der Waals surface area contributed by atoms with Gasteiger partial charge in [-0.3, -0.25) is 0 Å². The molecule has 1 heterocycles. The maximum absolute atomic E-state index is 11.1. The number of carbonyl (C=O) groups is 1. The highest BCUT2D eigenvalue weighted by atomic mass is 35.5. The molecule has 0 spiro atoms. The number of ether oxygens (including phenoxy) is 1. The van der Waals surface area contributed by atoms with Crippen LogP contribution in [-0.2, 0) is 0 Å². The maximum atomic E-state index is 11.1. The van der Waals surface area contributed by atoms with Gasteiger partial charge in [-0.15, -0.1) is 0 Å². The van der Waals surface area contributed by atoms with Crippen molar-refractivity contribution in [1.29, 1.82) is 5.26 Å². The van der Waals surface area contributed by atoms with Crippen molar-refractivity contribution in [2.45, 2.75) is 0 Å². The Hall–Kier alpha value is -2.58. The van der Waals surface area contributed by atoms with Gasteiger partial charge in [0.25, 0.3) is 0 Å². The maximum Gasteiger partial charge on any atom is 0.339 e. The number of aromatic carboxylic acids is 1. The van der Waals surface area contributed by atoms with Gasteiger partial charge in [0.1, 0.15) is 17.4 Å². The Bertz CT molecular complexity index is 663. The van der Waals surface area contributed by atoms with Gasteiger partial charge in [0.2, 0.25) is 5.88 Å². The zero-order valence-electron chi connectivity index (χ0n) is 9.50. The number of hydrogen-bond donors (Lipinski definition) is 1. The van der Waals surface area contributed by atoms with Crippen LogP contribution in [0.15, 0.2) is 36.5 Å². The molecule has 1 aromatic carbocycles. The number of aromatic nitrogens is 1. The first-order chi connectivity index (χ1) is 9.10. The molecule has 1 aromatic heterocycles. The Balaban J connectivity index is 2.32. The van der Waals surface area contributed by atoms with E-state index in [-0.39, 0.29) is 17.2 Å². The first-order valence-corrected chi connectivity index (χ1v) is 5.55. The van der Waals surface area contributed by atoms with E-state index in [0.29, 0.717) is 10.6 Å². The topological polar surface area (TPSA) is 83.2 Å². The standard InChI is InChI=1S/C13H7ClN2O3/c14-9-2-3-11(10(5-9)13(17)18)19-12-4-1-8(6-15)7-16-12/h1-5,7H,(H,17,18). The van der Waals surface area contributed by atoms with E-state index in [9.17, 15) is 4.79 Å². The molecule has 6 heteroatoms. The second kappa shape index (κ2) is 5.38. The zero-order valence-corrected chi connectivity index (χ0v) is 10.3. The molecule has 5 nitrogen and oxygen atoms in total. The first kappa shape index (κ1) is 12.9. The van der Waals surface area contributed by atoms with E-state index < -0.39 is 5.97 Å². The minimum absolute atomic E-state index is 0.0568. The number of nitrogens with zero attached hydrogens (tertiary/aromatic N) is 2. The average Bonchev–Trinajstić information content (AvgIpc) is 2.41. The number of carboxylic acids is 1. The summed E-state index contributed by atoms with van der Waals surface area (Å²) in [5.41, 5.74) is 0.334. The van der Waals surface area contributed by atoms with Gasteiger partial charge in [0.15, 0.2) is 0 Å².